The van der Waals surface area contributed by atoms with Crippen LogP contribution in [0.1, 0.15) is 18.9 Å². The molecule has 0 aliphatic heterocycles. The highest BCUT2D eigenvalue weighted by molar-refractivity contribution is 9.10. The molecule has 4 heteroatoms. The van der Waals surface area contributed by atoms with Gasteiger partial charge in [-0.2, -0.15) is 0 Å². The molecule has 0 unspecified atom stereocenters. The number of hydrogen-bond donors (Lipinski definition) is 2. The van der Waals surface area contributed by atoms with Crippen LogP contribution in [0.2, 0.25) is 0 Å². The maximum absolute atomic E-state index is 4.27. The van der Waals surface area contributed by atoms with Crippen LogP contribution < -0.4 is 10.6 Å². The van der Waals surface area contributed by atoms with Crippen molar-refractivity contribution in [2.75, 3.05) is 25.0 Å². The smallest absolute Gasteiger partial charge is 0.140 e. The van der Waals surface area contributed by atoms with E-state index in [9.17, 15) is 0 Å². The van der Waals surface area contributed by atoms with Crippen LogP contribution in [-0.4, -0.2) is 24.6 Å². The van der Waals surface area contributed by atoms with Crippen molar-refractivity contribution in [1.82, 2.24) is 10.3 Å². The van der Waals surface area contributed by atoms with Gasteiger partial charge in [0.2, 0.25) is 0 Å². The SMILES string of the molecule is CCCNCCNc1nccc(C)c1Br. The van der Waals surface area contributed by atoms with Gasteiger partial charge in [0.05, 0.1) is 4.47 Å². The molecular weight excluding hydrogens is 254 g/mol. The average molecular weight is 272 g/mol. The lowest BCUT2D eigenvalue weighted by Crippen LogP contribution is -2.23. The molecule has 2 N–H and O–H groups in total. The predicted molar refractivity (Wildman–Crippen MR) is 68.3 cm³/mol. The van der Waals surface area contributed by atoms with Gasteiger partial charge in [-0.25, -0.2) is 4.98 Å². The Morgan fingerprint density at radius 1 is 1.33 bits per heavy atom. The fourth-order valence-electron chi connectivity index (χ4n) is 1.23. The molecule has 0 radical (unpaired) electrons. The first-order valence-electron chi connectivity index (χ1n) is 5.31. The average Bonchev–Trinajstić information content (AvgIpc) is 2.24. The van der Waals surface area contributed by atoms with Crippen LogP contribution in [0.3, 0.4) is 0 Å². The summed E-state index contributed by atoms with van der Waals surface area (Å²) < 4.78 is 1.06. The second kappa shape index (κ2) is 6.80. The highest BCUT2D eigenvalue weighted by atomic mass is 79.9. The van der Waals surface area contributed by atoms with Crippen LogP contribution in [0, 0.1) is 6.92 Å². The number of rotatable bonds is 6. The third-order valence-corrected chi connectivity index (χ3v) is 3.10. The molecule has 84 valence electrons. The van der Waals surface area contributed by atoms with Crippen molar-refractivity contribution in [2.45, 2.75) is 20.3 Å². The molecular formula is C11H18BrN3. The highest BCUT2D eigenvalue weighted by Gasteiger charge is 2.01. The molecule has 0 amide bonds. The van der Waals surface area contributed by atoms with E-state index in [1.54, 1.807) is 0 Å². The van der Waals surface area contributed by atoms with E-state index >= 15 is 0 Å². The number of halogens is 1. The number of aryl methyl sites for hydroxylation is 1. The number of pyridine rings is 1. The van der Waals surface area contributed by atoms with Gasteiger partial charge in [0.1, 0.15) is 5.82 Å². The van der Waals surface area contributed by atoms with Crippen LogP contribution >= 0.6 is 15.9 Å². The normalized spacial score (nSPS) is 10.3. The summed E-state index contributed by atoms with van der Waals surface area (Å²) in [6.07, 6.45) is 2.99. The molecule has 0 saturated carbocycles. The zero-order valence-corrected chi connectivity index (χ0v) is 10.9. The number of hydrogen-bond acceptors (Lipinski definition) is 3. The van der Waals surface area contributed by atoms with E-state index in [1.165, 1.54) is 12.0 Å². The Hall–Kier alpha value is -0.610. The molecule has 1 aromatic rings. The van der Waals surface area contributed by atoms with Crippen molar-refractivity contribution in [3.8, 4) is 0 Å². The van der Waals surface area contributed by atoms with Crippen molar-refractivity contribution < 1.29 is 0 Å². The summed E-state index contributed by atoms with van der Waals surface area (Å²) >= 11 is 3.52. The van der Waals surface area contributed by atoms with Crippen LogP contribution in [0.25, 0.3) is 0 Å². The van der Waals surface area contributed by atoms with E-state index in [1.807, 2.05) is 12.3 Å². The van der Waals surface area contributed by atoms with Gasteiger partial charge in [0.15, 0.2) is 0 Å². The summed E-state index contributed by atoms with van der Waals surface area (Å²) in [4.78, 5) is 4.27. The Morgan fingerprint density at radius 2 is 2.13 bits per heavy atom. The van der Waals surface area contributed by atoms with E-state index in [4.69, 9.17) is 0 Å². The fourth-order valence-corrected chi connectivity index (χ4v) is 1.61. The van der Waals surface area contributed by atoms with Crippen molar-refractivity contribution >= 4 is 21.7 Å². The van der Waals surface area contributed by atoms with Gasteiger partial charge < -0.3 is 10.6 Å². The third-order valence-electron chi connectivity index (χ3n) is 2.10. The van der Waals surface area contributed by atoms with Crippen molar-refractivity contribution in [1.29, 1.82) is 0 Å². The number of nitrogens with zero attached hydrogens (tertiary/aromatic N) is 1. The zero-order chi connectivity index (χ0) is 11.1. The first kappa shape index (κ1) is 12.5. The second-order valence-corrected chi connectivity index (χ2v) is 4.26. The summed E-state index contributed by atoms with van der Waals surface area (Å²) in [5, 5.41) is 6.63. The zero-order valence-electron chi connectivity index (χ0n) is 9.31. The van der Waals surface area contributed by atoms with E-state index < -0.39 is 0 Å². The van der Waals surface area contributed by atoms with Gasteiger partial charge in [-0.15, -0.1) is 0 Å². The third kappa shape index (κ3) is 4.18. The lowest BCUT2D eigenvalue weighted by molar-refractivity contribution is 0.687. The molecule has 3 nitrogen and oxygen atoms in total. The van der Waals surface area contributed by atoms with Gasteiger partial charge in [0, 0.05) is 19.3 Å². The summed E-state index contributed by atoms with van der Waals surface area (Å²) in [7, 11) is 0. The maximum Gasteiger partial charge on any atom is 0.140 e. The Balaban J connectivity index is 2.34. The molecule has 0 atom stereocenters. The Morgan fingerprint density at radius 3 is 2.87 bits per heavy atom. The van der Waals surface area contributed by atoms with Gasteiger partial charge in [-0.1, -0.05) is 6.92 Å². The van der Waals surface area contributed by atoms with Crippen LogP contribution in [-0.2, 0) is 0 Å². The number of nitrogens with one attached hydrogen (secondary N) is 2. The molecule has 0 bridgehead atoms. The molecule has 1 aromatic heterocycles. The Bertz CT molecular complexity index is 302. The predicted octanol–water partition coefficient (Wildman–Crippen LogP) is 2.56. The fraction of sp³-hybridized carbons (Fsp3) is 0.545. The molecule has 0 spiro atoms. The van der Waals surface area contributed by atoms with Gasteiger partial charge in [0.25, 0.3) is 0 Å². The Kier molecular flexibility index (Phi) is 5.65. The molecule has 0 aromatic carbocycles. The second-order valence-electron chi connectivity index (χ2n) is 3.47. The van der Waals surface area contributed by atoms with Crippen LogP contribution in [0.15, 0.2) is 16.7 Å². The van der Waals surface area contributed by atoms with Crippen molar-refractivity contribution in [3.63, 3.8) is 0 Å². The van der Waals surface area contributed by atoms with E-state index in [0.717, 1.165) is 29.9 Å². The molecule has 0 aliphatic rings. The minimum Gasteiger partial charge on any atom is -0.368 e. The summed E-state index contributed by atoms with van der Waals surface area (Å²) in [5.74, 6) is 0.924. The van der Waals surface area contributed by atoms with Crippen LogP contribution in [0.4, 0.5) is 5.82 Å². The quantitative estimate of drug-likeness (QED) is 0.781. The van der Waals surface area contributed by atoms with E-state index in [0.29, 0.717) is 0 Å². The first-order chi connectivity index (χ1) is 7.25. The van der Waals surface area contributed by atoms with E-state index in [2.05, 4.69) is 45.4 Å². The van der Waals surface area contributed by atoms with Crippen molar-refractivity contribution in [2.24, 2.45) is 0 Å². The maximum atomic E-state index is 4.27. The summed E-state index contributed by atoms with van der Waals surface area (Å²) in [6, 6.07) is 1.99. The van der Waals surface area contributed by atoms with E-state index in [-0.39, 0.29) is 0 Å². The summed E-state index contributed by atoms with van der Waals surface area (Å²) in [6.45, 7) is 7.17. The topological polar surface area (TPSA) is 37.0 Å². The molecule has 0 aliphatic carbocycles. The van der Waals surface area contributed by atoms with Crippen molar-refractivity contribution in [3.05, 3.63) is 22.3 Å². The number of aromatic nitrogens is 1. The number of anilines is 1. The first-order valence-corrected chi connectivity index (χ1v) is 6.10. The molecule has 0 fully saturated rings. The minimum atomic E-state index is 0.898. The minimum absolute atomic E-state index is 0.898. The molecule has 0 saturated heterocycles. The molecule has 15 heavy (non-hydrogen) atoms. The highest BCUT2D eigenvalue weighted by Crippen LogP contribution is 2.22. The lowest BCUT2D eigenvalue weighted by atomic mass is 10.3. The standard InChI is InChI=1S/C11H18BrN3/c1-3-5-13-7-8-15-11-10(12)9(2)4-6-14-11/h4,6,13H,3,5,7-8H2,1-2H3,(H,14,15). The molecule has 1 rings (SSSR count). The summed E-state index contributed by atoms with van der Waals surface area (Å²) in [5.41, 5.74) is 1.20. The van der Waals surface area contributed by atoms with Gasteiger partial charge in [-0.05, 0) is 47.4 Å². The van der Waals surface area contributed by atoms with Gasteiger partial charge in [-0.3, -0.25) is 0 Å². The largest absolute Gasteiger partial charge is 0.368 e. The Labute approximate surface area is 99.8 Å². The monoisotopic (exact) mass is 271 g/mol. The lowest BCUT2D eigenvalue weighted by Gasteiger charge is -2.09. The molecule has 1 heterocycles. The van der Waals surface area contributed by atoms with Crippen LogP contribution in [0.5, 0.6) is 0 Å². The van der Waals surface area contributed by atoms with Gasteiger partial charge >= 0.3 is 0 Å².